The summed E-state index contributed by atoms with van der Waals surface area (Å²) in [5.41, 5.74) is 0.786. The predicted molar refractivity (Wildman–Crippen MR) is 74.7 cm³/mol. The molecule has 1 aromatic rings. The van der Waals surface area contributed by atoms with Gasteiger partial charge in [0.25, 0.3) is 0 Å². The van der Waals surface area contributed by atoms with E-state index >= 15 is 0 Å². The standard InChI is InChI=1S/C13H19N3O4/c1-14-9-10-4-5-11(16(18)19)12(8-10)20-7-6-13(17)15(2)3/h4-5,8,14H,6-7,9H2,1-3H3. The van der Waals surface area contributed by atoms with Gasteiger partial charge in [-0.2, -0.15) is 0 Å². The van der Waals surface area contributed by atoms with Crippen molar-refractivity contribution in [1.29, 1.82) is 0 Å². The molecule has 0 fully saturated rings. The first-order valence-corrected chi connectivity index (χ1v) is 6.20. The van der Waals surface area contributed by atoms with Crippen LogP contribution in [0.3, 0.4) is 0 Å². The second kappa shape index (κ2) is 7.44. The molecule has 0 unspecified atom stereocenters. The summed E-state index contributed by atoms with van der Waals surface area (Å²) < 4.78 is 5.39. The van der Waals surface area contributed by atoms with E-state index in [0.717, 1.165) is 5.56 Å². The topological polar surface area (TPSA) is 84.7 Å². The monoisotopic (exact) mass is 281 g/mol. The van der Waals surface area contributed by atoms with E-state index in [4.69, 9.17) is 4.74 Å². The second-order valence-corrected chi connectivity index (χ2v) is 4.48. The van der Waals surface area contributed by atoms with Crippen molar-refractivity contribution in [2.24, 2.45) is 0 Å². The maximum absolute atomic E-state index is 11.4. The van der Waals surface area contributed by atoms with E-state index in [0.29, 0.717) is 6.54 Å². The van der Waals surface area contributed by atoms with Crippen LogP contribution in [0.15, 0.2) is 18.2 Å². The Balaban J connectivity index is 2.77. The summed E-state index contributed by atoms with van der Waals surface area (Å²) in [5.74, 6) is 0.105. The van der Waals surface area contributed by atoms with Crippen molar-refractivity contribution in [2.45, 2.75) is 13.0 Å². The van der Waals surface area contributed by atoms with Gasteiger partial charge in [0.05, 0.1) is 18.0 Å². The van der Waals surface area contributed by atoms with Crippen molar-refractivity contribution >= 4 is 11.6 Å². The number of carbonyl (C=O) groups excluding carboxylic acids is 1. The molecule has 7 nitrogen and oxygen atoms in total. The van der Waals surface area contributed by atoms with Gasteiger partial charge in [0.1, 0.15) is 0 Å². The highest BCUT2D eigenvalue weighted by molar-refractivity contribution is 5.75. The first kappa shape index (κ1) is 15.9. The molecule has 110 valence electrons. The van der Waals surface area contributed by atoms with Crippen LogP contribution in [-0.2, 0) is 11.3 Å². The number of ether oxygens (including phenoxy) is 1. The van der Waals surface area contributed by atoms with Crippen LogP contribution in [0.2, 0.25) is 0 Å². The molecule has 1 aromatic carbocycles. The summed E-state index contributed by atoms with van der Waals surface area (Å²) in [6.07, 6.45) is 0.181. The fraction of sp³-hybridized carbons (Fsp3) is 0.462. The van der Waals surface area contributed by atoms with Gasteiger partial charge in [0, 0.05) is 26.7 Å². The highest BCUT2D eigenvalue weighted by atomic mass is 16.6. The van der Waals surface area contributed by atoms with Crippen molar-refractivity contribution in [3.05, 3.63) is 33.9 Å². The smallest absolute Gasteiger partial charge is 0.310 e. The molecule has 0 aliphatic rings. The Hall–Kier alpha value is -2.15. The van der Waals surface area contributed by atoms with Crippen molar-refractivity contribution in [3.63, 3.8) is 0 Å². The fourth-order valence-corrected chi connectivity index (χ4v) is 1.61. The minimum Gasteiger partial charge on any atom is -0.486 e. The van der Waals surface area contributed by atoms with Crippen molar-refractivity contribution < 1.29 is 14.5 Å². The Bertz CT molecular complexity index is 489. The average molecular weight is 281 g/mol. The lowest BCUT2D eigenvalue weighted by atomic mass is 10.2. The van der Waals surface area contributed by atoms with Gasteiger partial charge >= 0.3 is 5.69 Å². The highest BCUT2D eigenvalue weighted by Gasteiger charge is 2.16. The normalized spacial score (nSPS) is 10.2. The van der Waals surface area contributed by atoms with E-state index in [1.807, 2.05) is 0 Å². The number of nitro benzene ring substituents is 1. The van der Waals surface area contributed by atoms with E-state index in [9.17, 15) is 14.9 Å². The van der Waals surface area contributed by atoms with Crippen molar-refractivity contribution in [2.75, 3.05) is 27.7 Å². The zero-order valence-electron chi connectivity index (χ0n) is 11.9. The first-order valence-electron chi connectivity index (χ1n) is 6.20. The molecule has 0 aromatic heterocycles. The molecular formula is C13H19N3O4. The number of nitrogens with zero attached hydrogens (tertiary/aromatic N) is 2. The third kappa shape index (κ3) is 4.51. The van der Waals surface area contributed by atoms with E-state index in [-0.39, 0.29) is 30.4 Å². The average Bonchev–Trinajstić information content (AvgIpc) is 2.38. The summed E-state index contributed by atoms with van der Waals surface area (Å²) in [6, 6.07) is 4.71. The largest absolute Gasteiger partial charge is 0.486 e. The number of nitrogens with one attached hydrogen (secondary N) is 1. The van der Waals surface area contributed by atoms with E-state index < -0.39 is 4.92 Å². The second-order valence-electron chi connectivity index (χ2n) is 4.48. The molecule has 0 radical (unpaired) electrons. The van der Waals surface area contributed by atoms with Crippen LogP contribution in [-0.4, -0.2) is 43.5 Å². The summed E-state index contributed by atoms with van der Waals surface area (Å²) in [6.45, 7) is 0.700. The van der Waals surface area contributed by atoms with Crippen LogP contribution in [0.25, 0.3) is 0 Å². The van der Waals surface area contributed by atoms with Gasteiger partial charge in [-0.3, -0.25) is 14.9 Å². The molecular weight excluding hydrogens is 262 g/mol. The minimum absolute atomic E-state index is 0.0842. The molecule has 0 saturated carbocycles. The maximum Gasteiger partial charge on any atom is 0.310 e. The van der Waals surface area contributed by atoms with Gasteiger partial charge in [0.15, 0.2) is 5.75 Å². The van der Waals surface area contributed by atoms with Gasteiger partial charge in [-0.1, -0.05) is 6.07 Å². The summed E-state index contributed by atoms with van der Waals surface area (Å²) in [5, 5.41) is 13.9. The zero-order chi connectivity index (χ0) is 15.1. The van der Waals surface area contributed by atoms with Crippen molar-refractivity contribution in [1.82, 2.24) is 10.2 Å². The molecule has 0 heterocycles. The van der Waals surface area contributed by atoms with E-state index in [1.54, 1.807) is 33.3 Å². The molecule has 0 saturated heterocycles. The van der Waals surface area contributed by atoms with Crippen LogP contribution < -0.4 is 10.1 Å². The molecule has 0 aliphatic heterocycles. The Morgan fingerprint density at radius 1 is 1.45 bits per heavy atom. The van der Waals surface area contributed by atoms with Gasteiger partial charge < -0.3 is 15.0 Å². The summed E-state index contributed by atoms with van der Waals surface area (Å²) in [7, 11) is 5.09. The summed E-state index contributed by atoms with van der Waals surface area (Å²) >= 11 is 0. The van der Waals surface area contributed by atoms with Crippen LogP contribution in [0.1, 0.15) is 12.0 Å². The SMILES string of the molecule is CNCc1ccc([N+](=O)[O-])c(OCCC(=O)N(C)C)c1. The lowest BCUT2D eigenvalue weighted by molar-refractivity contribution is -0.385. The molecule has 0 spiro atoms. The van der Waals surface area contributed by atoms with Crippen LogP contribution in [0.5, 0.6) is 5.75 Å². The van der Waals surface area contributed by atoms with E-state index in [1.165, 1.54) is 11.0 Å². The van der Waals surface area contributed by atoms with E-state index in [2.05, 4.69) is 5.32 Å². The fourth-order valence-electron chi connectivity index (χ4n) is 1.61. The van der Waals surface area contributed by atoms with Gasteiger partial charge in [0.2, 0.25) is 5.91 Å². The van der Waals surface area contributed by atoms with Crippen LogP contribution >= 0.6 is 0 Å². The Labute approximate surface area is 117 Å². The van der Waals surface area contributed by atoms with Crippen LogP contribution in [0, 0.1) is 10.1 Å². The molecule has 0 aliphatic carbocycles. The maximum atomic E-state index is 11.4. The number of rotatable bonds is 7. The Morgan fingerprint density at radius 2 is 2.15 bits per heavy atom. The van der Waals surface area contributed by atoms with Gasteiger partial charge in [-0.15, -0.1) is 0 Å². The van der Waals surface area contributed by atoms with Gasteiger partial charge in [-0.25, -0.2) is 0 Å². The van der Waals surface area contributed by atoms with Gasteiger partial charge in [-0.05, 0) is 18.7 Å². The number of hydrogen-bond donors (Lipinski definition) is 1. The lowest BCUT2D eigenvalue weighted by Crippen LogP contribution is -2.23. The lowest BCUT2D eigenvalue weighted by Gasteiger charge is -2.11. The quantitative estimate of drug-likeness (QED) is 0.599. The Kier molecular flexibility index (Phi) is 5.92. The molecule has 7 heteroatoms. The Morgan fingerprint density at radius 3 is 2.70 bits per heavy atom. The predicted octanol–water partition coefficient (Wildman–Crippen LogP) is 1.17. The molecule has 1 rings (SSSR count). The third-order valence-electron chi connectivity index (χ3n) is 2.67. The molecule has 20 heavy (non-hydrogen) atoms. The molecule has 1 N–H and O–H groups in total. The minimum atomic E-state index is -0.494. The molecule has 0 bridgehead atoms. The number of hydrogen-bond acceptors (Lipinski definition) is 5. The third-order valence-corrected chi connectivity index (χ3v) is 2.67. The number of amides is 1. The molecule has 0 atom stereocenters. The summed E-state index contributed by atoms with van der Waals surface area (Å²) in [4.78, 5) is 23.3. The first-order chi connectivity index (χ1) is 9.45. The highest BCUT2D eigenvalue weighted by Crippen LogP contribution is 2.28. The number of carbonyl (C=O) groups is 1. The van der Waals surface area contributed by atoms with Crippen LogP contribution in [0.4, 0.5) is 5.69 Å². The zero-order valence-corrected chi connectivity index (χ0v) is 11.9. The van der Waals surface area contributed by atoms with Crippen molar-refractivity contribution in [3.8, 4) is 5.75 Å². The number of nitro groups is 1. The number of benzene rings is 1. The molecule has 1 amide bonds.